The van der Waals surface area contributed by atoms with Gasteiger partial charge in [0.1, 0.15) is 0 Å². The van der Waals surface area contributed by atoms with Gasteiger partial charge in [-0.2, -0.15) is 0 Å². The third-order valence-corrected chi connectivity index (χ3v) is 13.1. The number of benzene rings is 1. The Bertz CT molecular complexity index is 561. The van der Waals surface area contributed by atoms with Gasteiger partial charge >= 0.3 is 132 Å². The van der Waals surface area contributed by atoms with Crippen LogP contribution in [0.1, 0.15) is 16.8 Å². The predicted molar refractivity (Wildman–Crippen MR) is 82.3 cm³/mol. The Morgan fingerprint density at radius 3 is 2.48 bits per heavy atom. The fourth-order valence-corrected chi connectivity index (χ4v) is 9.89. The summed E-state index contributed by atoms with van der Waals surface area (Å²) >= 11 is -1.58. The number of carbonyl (C=O) groups is 1. The van der Waals surface area contributed by atoms with Gasteiger partial charge in [-0.1, -0.05) is 0 Å². The van der Waals surface area contributed by atoms with E-state index >= 15 is 0 Å². The Kier molecular flexibility index (Phi) is 6.26. The number of hydrogen-bond acceptors (Lipinski definition) is 4. The van der Waals surface area contributed by atoms with Crippen LogP contribution in [-0.4, -0.2) is 45.8 Å². The van der Waals surface area contributed by atoms with E-state index in [1.807, 2.05) is 12.1 Å². The van der Waals surface area contributed by atoms with Crippen molar-refractivity contribution in [1.29, 1.82) is 0 Å². The van der Waals surface area contributed by atoms with Crippen molar-refractivity contribution < 1.29 is 23.3 Å². The number of phosphoric acid groups is 1. The van der Waals surface area contributed by atoms with Gasteiger partial charge in [0.25, 0.3) is 0 Å². The molecule has 7 heteroatoms. The van der Waals surface area contributed by atoms with Crippen LogP contribution in [0.15, 0.2) is 36.4 Å². The Hall–Kier alpha value is -0.390. The maximum atomic E-state index is 12.0. The van der Waals surface area contributed by atoms with E-state index < -0.39 is 29.3 Å². The Balaban J connectivity index is 1.86. The molecule has 0 spiro atoms. The molecule has 5 nitrogen and oxygen atoms in total. The van der Waals surface area contributed by atoms with Gasteiger partial charge < -0.3 is 0 Å². The first-order chi connectivity index (χ1) is 10.0. The van der Waals surface area contributed by atoms with Crippen molar-refractivity contribution in [1.82, 2.24) is 0 Å². The minimum atomic E-state index is -3.99. The zero-order valence-corrected chi connectivity index (χ0v) is 16.1. The molecule has 0 saturated carbocycles. The van der Waals surface area contributed by atoms with Gasteiger partial charge in [-0.25, -0.2) is 0 Å². The van der Waals surface area contributed by atoms with Crippen LogP contribution in [-0.2, 0) is 13.6 Å². The summed E-state index contributed by atoms with van der Waals surface area (Å²) in [6.07, 6.45) is 4.59. The number of Topliss-reactive ketones (excluding diaryl/α,β-unsaturated/α-hetero) is 1. The molecule has 0 aromatic heterocycles. The molecule has 1 heterocycles. The molecule has 0 fully saturated rings. The summed E-state index contributed by atoms with van der Waals surface area (Å²) in [5.74, 6) is -0.0996. The van der Waals surface area contributed by atoms with Crippen molar-refractivity contribution in [3.05, 3.63) is 42.0 Å². The van der Waals surface area contributed by atoms with Crippen molar-refractivity contribution in [2.75, 3.05) is 13.7 Å². The van der Waals surface area contributed by atoms with Gasteiger partial charge in [0.05, 0.1) is 0 Å². The van der Waals surface area contributed by atoms with Crippen LogP contribution in [0.2, 0.25) is 8.35 Å². The van der Waals surface area contributed by atoms with Crippen molar-refractivity contribution in [3.8, 4) is 0 Å². The molecule has 0 amide bonds. The van der Waals surface area contributed by atoms with Crippen LogP contribution in [0, 0.1) is 0 Å². The Labute approximate surface area is 132 Å². The first-order valence-corrected chi connectivity index (χ1v) is 14.6. The molecule has 1 aromatic rings. The predicted octanol–water partition coefficient (Wildman–Crippen LogP) is 2.29. The van der Waals surface area contributed by atoms with Crippen molar-refractivity contribution >= 4 is 38.4 Å². The number of rotatable bonds is 7. The van der Waals surface area contributed by atoms with Gasteiger partial charge in [-0.15, -0.1) is 0 Å². The molecule has 1 atom stereocenters. The zero-order chi connectivity index (χ0) is 15.3. The molecule has 1 aliphatic heterocycles. The van der Waals surface area contributed by atoms with E-state index in [2.05, 4.69) is 33.3 Å². The summed E-state index contributed by atoms with van der Waals surface area (Å²) in [6, 6.07) is 7.82. The second-order valence-electron chi connectivity index (χ2n) is 4.92. The van der Waals surface area contributed by atoms with Crippen LogP contribution < -0.4 is 3.32 Å². The molecule has 0 aliphatic carbocycles. The van der Waals surface area contributed by atoms with E-state index in [0.29, 0.717) is 5.56 Å². The molecular formula is C14H18InO5P. The van der Waals surface area contributed by atoms with E-state index in [4.69, 9.17) is 4.89 Å². The second-order valence-corrected chi connectivity index (χ2v) is 15.1. The number of ketones is 1. The summed E-state index contributed by atoms with van der Waals surface area (Å²) in [7, 11) is -2.91. The van der Waals surface area contributed by atoms with Crippen LogP contribution in [0.5, 0.6) is 0 Å². The zero-order valence-electron chi connectivity index (χ0n) is 11.9. The quantitative estimate of drug-likeness (QED) is 0.423. The topological polar surface area (TPSA) is 72.8 Å². The van der Waals surface area contributed by atoms with Gasteiger partial charge in [-0.3, -0.25) is 0 Å². The summed E-state index contributed by atoms with van der Waals surface area (Å²) < 4.78 is 24.0. The summed E-state index contributed by atoms with van der Waals surface area (Å²) in [4.78, 5) is 21.0. The molecule has 1 aliphatic rings. The maximum absolute atomic E-state index is 12.0. The molecular weight excluding hydrogens is 394 g/mol. The standard InChI is InChI=1S/C10H12O5P.C4H6.In/c1-14-16(12,13)15-8-7-10(11)9-5-3-2-4-6-9;1-3-4-2;/h3-6H,7-8H2,1H3,(H,12,13);3-4H,1-2H2;. The number of carbonyl (C=O) groups excluding carboxylic acids is 1. The molecule has 0 bridgehead atoms. The normalized spacial score (nSPS) is 17.0. The summed E-state index contributed by atoms with van der Waals surface area (Å²) in [6.45, 7) is -0.131. The van der Waals surface area contributed by atoms with E-state index in [0.717, 1.165) is 7.11 Å². The first-order valence-electron chi connectivity index (χ1n) is 6.83. The molecule has 112 valence electrons. The first kappa shape index (κ1) is 17.0. The number of allylic oxidation sites excluding steroid dienone is 2. The molecule has 2 rings (SSSR count). The minimum absolute atomic E-state index is 0.0571. The molecule has 1 unspecified atom stereocenters. The summed E-state index contributed by atoms with van der Waals surface area (Å²) in [5, 5.41) is 0. The monoisotopic (exact) mass is 412 g/mol. The van der Waals surface area contributed by atoms with E-state index in [1.165, 1.54) is 11.7 Å². The molecule has 1 N–H and O–H groups in total. The third kappa shape index (κ3) is 5.08. The molecule has 0 radical (unpaired) electrons. The van der Waals surface area contributed by atoms with E-state index in [1.54, 1.807) is 0 Å². The fourth-order valence-electron chi connectivity index (χ4n) is 2.28. The Morgan fingerprint density at radius 2 is 1.90 bits per heavy atom. The van der Waals surface area contributed by atoms with E-state index in [9.17, 15) is 9.36 Å². The van der Waals surface area contributed by atoms with Crippen LogP contribution in [0.25, 0.3) is 0 Å². The summed E-state index contributed by atoms with van der Waals surface area (Å²) in [5.41, 5.74) is 0.616. The number of phosphoric ester groups is 1. The van der Waals surface area contributed by atoms with Crippen LogP contribution >= 0.6 is 7.82 Å². The van der Waals surface area contributed by atoms with Crippen molar-refractivity contribution in [2.24, 2.45) is 0 Å². The Morgan fingerprint density at radius 1 is 1.29 bits per heavy atom. The molecule has 1 aromatic carbocycles. The van der Waals surface area contributed by atoms with Crippen molar-refractivity contribution in [2.45, 2.75) is 14.8 Å². The van der Waals surface area contributed by atoms with Crippen molar-refractivity contribution in [3.63, 3.8) is 0 Å². The number of hydrogen-bond donors (Lipinski definition) is 1. The van der Waals surface area contributed by atoms with Gasteiger partial charge in [0.15, 0.2) is 0 Å². The fraction of sp³-hybridized carbons (Fsp3) is 0.357. The average molecular weight is 412 g/mol. The molecule has 0 saturated heterocycles. The third-order valence-electron chi connectivity index (χ3n) is 3.53. The van der Waals surface area contributed by atoms with Gasteiger partial charge in [-0.05, 0) is 0 Å². The molecule has 21 heavy (non-hydrogen) atoms. The average Bonchev–Trinajstić information content (AvgIpc) is 3.01. The van der Waals surface area contributed by atoms with E-state index in [-0.39, 0.29) is 18.8 Å². The van der Waals surface area contributed by atoms with Crippen LogP contribution in [0.3, 0.4) is 0 Å². The SMILES string of the molecule is COP(=O)(O)OCCC(=O)c1cc[c]([In]2[CH2]C=C[CH2]2)cc1. The van der Waals surface area contributed by atoms with Crippen LogP contribution in [0.4, 0.5) is 0 Å². The van der Waals surface area contributed by atoms with Gasteiger partial charge in [0, 0.05) is 0 Å². The second kappa shape index (κ2) is 7.75. The van der Waals surface area contributed by atoms with Gasteiger partial charge in [0.2, 0.25) is 0 Å².